The summed E-state index contributed by atoms with van der Waals surface area (Å²) in [6.07, 6.45) is 7.86. The van der Waals surface area contributed by atoms with E-state index < -0.39 is 0 Å². The first-order valence-electron chi connectivity index (χ1n) is 7.30. The number of carbonyl (C=O) groups excluding carboxylic acids is 1. The standard InChI is InChI=1S/C15H15N5OS/c21-12(13-4-2-8-22-13)9-11-3-1-6-20(11)14-15-18-17-10-19(15)7-5-16-14/h2,4-5,7-8,10-11H,1,3,6,9H2/t11-/m1/s1. The van der Waals surface area contributed by atoms with Crippen LogP contribution in [0.2, 0.25) is 0 Å². The molecule has 6 nitrogen and oxygen atoms in total. The molecule has 1 aliphatic rings. The van der Waals surface area contributed by atoms with Crippen molar-refractivity contribution in [3.8, 4) is 0 Å². The monoisotopic (exact) mass is 313 g/mol. The van der Waals surface area contributed by atoms with Crippen molar-refractivity contribution in [2.45, 2.75) is 25.3 Å². The summed E-state index contributed by atoms with van der Waals surface area (Å²) in [6, 6.07) is 4.00. The fraction of sp³-hybridized carbons (Fsp3) is 0.333. The molecule has 0 aliphatic carbocycles. The smallest absolute Gasteiger partial charge is 0.203 e. The number of Topliss-reactive ketones (excluding diaryl/α,β-unsaturated/α-hetero) is 1. The van der Waals surface area contributed by atoms with E-state index in [-0.39, 0.29) is 11.8 Å². The normalized spacial score (nSPS) is 18.2. The van der Waals surface area contributed by atoms with Gasteiger partial charge in [-0.2, -0.15) is 0 Å². The van der Waals surface area contributed by atoms with Crippen LogP contribution in [0.1, 0.15) is 28.9 Å². The molecule has 0 amide bonds. The van der Waals surface area contributed by atoms with Gasteiger partial charge in [-0.25, -0.2) is 4.98 Å². The third-order valence-electron chi connectivity index (χ3n) is 4.06. The maximum Gasteiger partial charge on any atom is 0.203 e. The molecule has 0 saturated carbocycles. The van der Waals surface area contributed by atoms with E-state index in [1.165, 1.54) is 11.3 Å². The Labute approximate surface area is 131 Å². The average molecular weight is 313 g/mol. The zero-order valence-electron chi connectivity index (χ0n) is 11.9. The van der Waals surface area contributed by atoms with Crippen LogP contribution in [0, 0.1) is 0 Å². The van der Waals surface area contributed by atoms with Gasteiger partial charge in [0.05, 0.1) is 4.88 Å². The van der Waals surface area contributed by atoms with Crippen molar-refractivity contribution in [1.82, 2.24) is 19.6 Å². The molecule has 0 spiro atoms. The summed E-state index contributed by atoms with van der Waals surface area (Å²) in [5.74, 6) is 1.03. The molecule has 22 heavy (non-hydrogen) atoms. The van der Waals surface area contributed by atoms with Crippen LogP contribution >= 0.6 is 11.3 Å². The van der Waals surface area contributed by atoms with Gasteiger partial charge in [0.2, 0.25) is 5.65 Å². The van der Waals surface area contributed by atoms with E-state index in [9.17, 15) is 4.79 Å². The summed E-state index contributed by atoms with van der Waals surface area (Å²) in [6.45, 7) is 0.905. The number of hydrogen-bond acceptors (Lipinski definition) is 6. The number of anilines is 1. The lowest BCUT2D eigenvalue weighted by Crippen LogP contribution is -2.32. The molecule has 3 aromatic heterocycles. The fourth-order valence-corrected chi connectivity index (χ4v) is 3.70. The molecule has 4 rings (SSSR count). The largest absolute Gasteiger partial charge is 0.350 e. The Balaban J connectivity index is 1.61. The zero-order chi connectivity index (χ0) is 14.9. The van der Waals surface area contributed by atoms with Gasteiger partial charge in [-0.1, -0.05) is 6.07 Å². The highest BCUT2D eigenvalue weighted by atomic mass is 32.1. The second-order valence-corrected chi connectivity index (χ2v) is 6.35. The molecule has 0 unspecified atom stereocenters. The van der Waals surface area contributed by atoms with Crippen molar-refractivity contribution in [3.63, 3.8) is 0 Å². The lowest BCUT2D eigenvalue weighted by atomic mass is 10.1. The lowest BCUT2D eigenvalue weighted by Gasteiger charge is -2.25. The van der Waals surface area contributed by atoms with Gasteiger partial charge in [0.25, 0.3) is 0 Å². The number of aromatic nitrogens is 4. The van der Waals surface area contributed by atoms with E-state index in [2.05, 4.69) is 20.1 Å². The Morgan fingerprint density at radius 2 is 2.41 bits per heavy atom. The van der Waals surface area contributed by atoms with Crippen molar-refractivity contribution >= 4 is 28.6 Å². The van der Waals surface area contributed by atoms with Gasteiger partial charge >= 0.3 is 0 Å². The number of thiophene rings is 1. The summed E-state index contributed by atoms with van der Waals surface area (Å²) in [5, 5.41) is 10.0. The predicted molar refractivity (Wildman–Crippen MR) is 84.4 cm³/mol. The van der Waals surface area contributed by atoms with Gasteiger partial charge in [-0.15, -0.1) is 21.5 Å². The quantitative estimate of drug-likeness (QED) is 0.692. The highest BCUT2D eigenvalue weighted by Gasteiger charge is 2.30. The molecule has 1 fully saturated rings. The van der Waals surface area contributed by atoms with Gasteiger partial charge in [-0.3, -0.25) is 9.20 Å². The van der Waals surface area contributed by atoms with Crippen molar-refractivity contribution in [2.24, 2.45) is 0 Å². The number of ketones is 1. The van der Waals surface area contributed by atoms with Gasteiger partial charge in [0.15, 0.2) is 11.6 Å². The van der Waals surface area contributed by atoms with Crippen LogP contribution in [0.15, 0.2) is 36.2 Å². The molecule has 1 saturated heterocycles. The Kier molecular flexibility index (Phi) is 3.34. The van der Waals surface area contributed by atoms with Crippen LogP contribution in [0.25, 0.3) is 5.65 Å². The Hall–Kier alpha value is -2.28. The Morgan fingerprint density at radius 3 is 3.27 bits per heavy atom. The molecule has 3 aromatic rings. The van der Waals surface area contributed by atoms with Crippen LogP contribution < -0.4 is 4.90 Å². The van der Waals surface area contributed by atoms with E-state index >= 15 is 0 Å². The molecule has 7 heteroatoms. The summed E-state index contributed by atoms with van der Waals surface area (Å²) < 4.78 is 1.86. The third-order valence-corrected chi connectivity index (χ3v) is 4.97. The minimum atomic E-state index is 0.185. The van der Waals surface area contributed by atoms with Crippen molar-refractivity contribution in [1.29, 1.82) is 0 Å². The molecule has 0 radical (unpaired) electrons. The van der Waals surface area contributed by atoms with Crippen LogP contribution in [-0.4, -0.2) is 38.0 Å². The fourth-order valence-electron chi connectivity index (χ4n) is 3.03. The van der Waals surface area contributed by atoms with E-state index in [0.29, 0.717) is 6.42 Å². The summed E-state index contributed by atoms with van der Waals surface area (Å²) in [4.78, 5) is 19.9. The van der Waals surface area contributed by atoms with Gasteiger partial charge < -0.3 is 4.90 Å². The van der Waals surface area contributed by atoms with E-state index in [0.717, 1.165) is 35.7 Å². The van der Waals surface area contributed by atoms with Gasteiger partial charge in [0, 0.05) is 31.4 Å². The molecule has 1 aliphatic heterocycles. The second kappa shape index (κ2) is 5.49. The van der Waals surface area contributed by atoms with Crippen molar-refractivity contribution < 1.29 is 4.79 Å². The second-order valence-electron chi connectivity index (χ2n) is 5.41. The van der Waals surface area contributed by atoms with E-state index in [1.807, 2.05) is 28.1 Å². The van der Waals surface area contributed by atoms with Gasteiger partial charge in [0.1, 0.15) is 6.33 Å². The summed E-state index contributed by atoms with van der Waals surface area (Å²) in [7, 11) is 0. The SMILES string of the molecule is O=C(C[C@H]1CCCN1c1nccn2cnnc12)c1cccs1. The first-order valence-corrected chi connectivity index (χ1v) is 8.18. The maximum absolute atomic E-state index is 12.4. The molecule has 0 N–H and O–H groups in total. The van der Waals surface area contributed by atoms with Crippen molar-refractivity contribution in [3.05, 3.63) is 41.1 Å². The van der Waals surface area contributed by atoms with Crippen LogP contribution in [0.5, 0.6) is 0 Å². The molecule has 0 bridgehead atoms. The van der Waals surface area contributed by atoms with Crippen LogP contribution in [-0.2, 0) is 0 Å². The number of nitrogens with zero attached hydrogens (tertiary/aromatic N) is 5. The third kappa shape index (κ3) is 2.27. The molecule has 0 aromatic carbocycles. The molecule has 112 valence electrons. The Bertz CT molecular complexity index is 797. The van der Waals surface area contributed by atoms with Crippen LogP contribution in [0.4, 0.5) is 5.82 Å². The average Bonchev–Trinajstić information content (AvgIpc) is 3.27. The summed E-state index contributed by atoms with van der Waals surface area (Å²) in [5.41, 5.74) is 0.748. The van der Waals surface area contributed by atoms with Gasteiger partial charge in [-0.05, 0) is 24.3 Å². The number of rotatable bonds is 4. The lowest BCUT2D eigenvalue weighted by molar-refractivity contribution is 0.0978. The minimum Gasteiger partial charge on any atom is -0.350 e. The van der Waals surface area contributed by atoms with E-state index in [4.69, 9.17) is 0 Å². The van der Waals surface area contributed by atoms with E-state index in [1.54, 1.807) is 12.5 Å². The van der Waals surface area contributed by atoms with Crippen molar-refractivity contribution in [2.75, 3.05) is 11.4 Å². The molecule has 1 atom stereocenters. The zero-order valence-corrected chi connectivity index (χ0v) is 12.7. The minimum absolute atomic E-state index is 0.185. The Morgan fingerprint density at radius 1 is 1.45 bits per heavy atom. The topological polar surface area (TPSA) is 63.4 Å². The highest BCUT2D eigenvalue weighted by Crippen LogP contribution is 2.29. The number of hydrogen-bond donors (Lipinski definition) is 0. The molecular formula is C15H15N5OS. The van der Waals surface area contributed by atoms with Crippen LogP contribution in [0.3, 0.4) is 0 Å². The first kappa shape index (κ1) is 13.4. The number of fused-ring (bicyclic) bond motifs is 1. The predicted octanol–water partition coefficient (Wildman–Crippen LogP) is 2.43. The first-order chi connectivity index (χ1) is 10.8. The highest BCUT2D eigenvalue weighted by molar-refractivity contribution is 7.12. The number of carbonyl (C=O) groups is 1. The molecule has 4 heterocycles. The molecular weight excluding hydrogens is 298 g/mol. The summed E-state index contributed by atoms with van der Waals surface area (Å²) >= 11 is 1.51. The maximum atomic E-state index is 12.4.